The van der Waals surface area contributed by atoms with Gasteiger partial charge in [0.2, 0.25) is 0 Å². The molecule has 0 saturated heterocycles. The fourth-order valence-corrected chi connectivity index (χ4v) is 4.21. The zero-order valence-corrected chi connectivity index (χ0v) is 18.1. The van der Waals surface area contributed by atoms with Crippen molar-refractivity contribution in [1.29, 1.82) is 0 Å². The Morgan fingerprint density at radius 2 is 1.59 bits per heavy atom. The van der Waals surface area contributed by atoms with Gasteiger partial charge in [-0.25, -0.2) is 8.78 Å². The Hall–Kier alpha value is -2.61. The molecule has 3 rings (SSSR count). The van der Waals surface area contributed by atoms with Gasteiger partial charge in [-0.1, -0.05) is 55.5 Å². The van der Waals surface area contributed by atoms with Gasteiger partial charge < -0.3 is 0 Å². The fourth-order valence-electron chi connectivity index (χ4n) is 4.21. The summed E-state index contributed by atoms with van der Waals surface area (Å²) in [7, 11) is 0. The second-order valence-electron chi connectivity index (χ2n) is 8.40. The van der Waals surface area contributed by atoms with Gasteiger partial charge in [0.15, 0.2) is 0 Å². The molecule has 1 aliphatic carbocycles. The van der Waals surface area contributed by atoms with E-state index in [-0.39, 0.29) is 5.56 Å². The van der Waals surface area contributed by atoms with Gasteiger partial charge >= 0.3 is 6.18 Å². The summed E-state index contributed by atoms with van der Waals surface area (Å²) in [6.07, 6.45) is 6.31. The van der Waals surface area contributed by atoms with Crippen LogP contribution in [0.15, 0.2) is 48.6 Å². The Balaban J connectivity index is 1.53. The molecule has 0 bridgehead atoms. The molecule has 170 valence electrons. The van der Waals surface area contributed by atoms with E-state index in [0.29, 0.717) is 24.0 Å². The molecule has 0 unspecified atom stereocenters. The Kier molecular flexibility index (Phi) is 8.12. The summed E-state index contributed by atoms with van der Waals surface area (Å²) in [6.45, 7) is 2.20. The average Bonchev–Trinajstić information content (AvgIpc) is 2.75. The Morgan fingerprint density at radius 1 is 0.969 bits per heavy atom. The van der Waals surface area contributed by atoms with E-state index in [0.717, 1.165) is 32.1 Å². The van der Waals surface area contributed by atoms with Gasteiger partial charge in [0.25, 0.3) is 0 Å². The number of rotatable bonds is 5. The van der Waals surface area contributed by atoms with Crippen molar-refractivity contribution >= 4 is 0 Å². The number of unbranched alkanes of at least 4 members (excludes halogenated alkanes) is 1. The highest BCUT2D eigenvalue weighted by Gasteiger charge is 2.37. The smallest absolute Gasteiger partial charge is 0.206 e. The van der Waals surface area contributed by atoms with Crippen LogP contribution in [0.4, 0.5) is 22.0 Å². The lowest BCUT2D eigenvalue weighted by atomic mass is 9.78. The molecular weight excluding hydrogens is 419 g/mol. The molecule has 0 N–H and O–H groups in total. The summed E-state index contributed by atoms with van der Waals surface area (Å²) >= 11 is 0. The predicted octanol–water partition coefficient (Wildman–Crippen LogP) is 8.21. The molecule has 1 aliphatic rings. The zero-order valence-electron chi connectivity index (χ0n) is 18.1. The maximum absolute atomic E-state index is 13.6. The molecule has 0 atom stereocenters. The van der Waals surface area contributed by atoms with E-state index in [1.165, 1.54) is 24.0 Å². The van der Waals surface area contributed by atoms with Gasteiger partial charge in [0.1, 0.15) is 17.2 Å². The first kappa shape index (κ1) is 24.0. The number of allylic oxidation sites excluding steroid dienone is 2. The van der Waals surface area contributed by atoms with Crippen LogP contribution in [0.2, 0.25) is 0 Å². The second kappa shape index (κ2) is 10.8. The lowest BCUT2D eigenvalue weighted by Gasteiger charge is -2.27. The summed E-state index contributed by atoms with van der Waals surface area (Å²) in [4.78, 5) is 0. The van der Waals surface area contributed by atoms with Crippen LogP contribution in [0.25, 0.3) is 0 Å². The maximum atomic E-state index is 13.6. The van der Waals surface area contributed by atoms with E-state index < -0.39 is 23.4 Å². The molecule has 0 amide bonds. The van der Waals surface area contributed by atoms with Crippen molar-refractivity contribution in [2.75, 3.05) is 0 Å². The van der Waals surface area contributed by atoms with Crippen LogP contribution in [0.5, 0.6) is 0 Å². The molecule has 0 heterocycles. The first-order chi connectivity index (χ1) is 15.3. The van der Waals surface area contributed by atoms with E-state index in [2.05, 4.69) is 43.0 Å². The number of benzene rings is 2. The summed E-state index contributed by atoms with van der Waals surface area (Å²) < 4.78 is 65.1. The molecule has 1 saturated carbocycles. The van der Waals surface area contributed by atoms with Gasteiger partial charge in [0, 0.05) is 5.56 Å². The van der Waals surface area contributed by atoms with E-state index >= 15 is 0 Å². The SMILES string of the molecule is CCCCc1ccc(C2CCC(C=CC#Cc3cc(F)c(C(F)(F)F)c(F)c3)CC2)cc1. The molecule has 0 aromatic heterocycles. The largest absolute Gasteiger partial charge is 0.422 e. The highest BCUT2D eigenvalue weighted by atomic mass is 19.4. The van der Waals surface area contributed by atoms with Crippen molar-refractivity contribution in [3.8, 4) is 11.8 Å². The molecule has 5 heteroatoms. The number of alkyl halides is 3. The first-order valence-electron chi connectivity index (χ1n) is 11.1. The van der Waals surface area contributed by atoms with Crippen molar-refractivity contribution in [2.24, 2.45) is 5.92 Å². The van der Waals surface area contributed by atoms with Crippen molar-refractivity contribution in [1.82, 2.24) is 0 Å². The molecule has 0 spiro atoms. The van der Waals surface area contributed by atoms with Crippen molar-refractivity contribution < 1.29 is 22.0 Å². The van der Waals surface area contributed by atoms with Gasteiger partial charge in [-0.05, 0) is 79.7 Å². The van der Waals surface area contributed by atoms with Crippen LogP contribution in [0.3, 0.4) is 0 Å². The standard InChI is InChI=1S/C27H27F5/c1-2-3-6-19-9-13-22(14-10-19)23-15-11-20(12-16-23)7-4-5-8-21-17-24(28)26(25(29)18-21)27(30,31)32/h4,7,9-10,13-14,17-18,20,23H,2-3,6,11-12,15-16H2,1H3. The number of hydrogen-bond acceptors (Lipinski definition) is 0. The fraction of sp³-hybridized carbons (Fsp3) is 0.407. The van der Waals surface area contributed by atoms with Crippen LogP contribution in [0, 0.1) is 29.4 Å². The minimum absolute atomic E-state index is 0.122. The van der Waals surface area contributed by atoms with Gasteiger partial charge in [-0.2, -0.15) is 13.2 Å². The maximum Gasteiger partial charge on any atom is 0.422 e. The first-order valence-corrected chi connectivity index (χ1v) is 11.1. The summed E-state index contributed by atoms with van der Waals surface area (Å²) in [6, 6.07) is 10.2. The minimum atomic E-state index is -5.07. The van der Waals surface area contributed by atoms with E-state index in [1.54, 1.807) is 6.08 Å². The molecule has 0 radical (unpaired) electrons. The van der Waals surface area contributed by atoms with Crippen LogP contribution >= 0.6 is 0 Å². The molecule has 0 aliphatic heterocycles. The lowest BCUT2D eigenvalue weighted by Crippen LogP contribution is -2.11. The second-order valence-corrected chi connectivity index (χ2v) is 8.40. The van der Waals surface area contributed by atoms with E-state index in [4.69, 9.17) is 0 Å². The average molecular weight is 447 g/mol. The lowest BCUT2D eigenvalue weighted by molar-refractivity contribution is -0.142. The van der Waals surface area contributed by atoms with Crippen molar-refractivity contribution in [2.45, 2.75) is 64.0 Å². The van der Waals surface area contributed by atoms with Gasteiger partial charge in [0.05, 0.1) is 0 Å². The van der Waals surface area contributed by atoms with E-state index in [1.807, 2.05) is 6.08 Å². The van der Waals surface area contributed by atoms with Gasteiger partial charge in [-0.15, -0.1) is 0 Å². The molecule has 1 fully saturated rings. The van der Waals surface area contributed by atoms with E-state index in [9.17, 15) is 22.0 Å². The molecule has 0 nitrogen and oxygen atoms in total. The summed E-state index contributed by atoms with van der Waals surface area (Å²) in [5, 5.41) is 0. The highest BCUT2D eigenvalue weighted by molar-refractivity contribution is 5.40. The number of halogens is 5. The molecule has 32 heavy (non-hydrogen) atoms. The Bertz CT molecular complexity index is 958. The quantitative estimate of drug-likeness (QED) is 0.321. The number of hydrogen-bond donors (Lipinski definition) is 0. The molecular formula is C27H27F5. The van der Waals surface area contributed by atoms with Gasteiger partial charge in [-0.3, -0.25) is 0 Å². The van der Waals surface area contributed by atoms with Crippen LogP contribution in [-0.4, -0.2) is 0 Å². The third-order valence-corrected chi connectivity index (χ3v) is 6.04. The van der Waals surface area contributed by atoms with Crippen molar-refractivity contribution in [3.05, 3.63) is 82.4 Å². The number of aryl methyl sites for hydroxylation is 1. The minimum Gasteiger partial charge on any atom is -0.206 e. The molecule has 2 aromatic carbocycles. The normalized spacial score (nSPS) is 19.1. The Labute approximate surface area is 186 Å². The van der Waals surface area contributed by atoms with Crippen LogP contribution in [-0.2, 0) is 12.6 Å². The molecule has 2 aromatic rings. The van der Waals surface area contributed by atoms with Crippen LogP contribution < -0.4 is 0 Å². The summed E-state index contributed by atoms with van der Waals surface area (Å²) in [5.74, 6) is 2.84. The van der Waals surface area contributed by atoms with Crippen molar-refractivity contribution in [3.63, 3.8) is 0 Å². The van der Waals surface area contributed by atoms with Crippen LogP contribution in [0.1, 0.15) is 73.6 Å². The topological polar surface area (TPSA) is 0 Å². The monoisotopic (exact) mass is 446 g/mol. The third-order valence-electron chi connectivity index (χ3n) is 6.04. The Morgan fingerprint density at radius 3 is 2.16 bits per heavy atom. The highest BCUT2D eigenvalue weighted by Crippen LogP contribution is 2.36. The zero-order chi connectivity index (χ0) is 23.1. The third kappa shape index (κ3) is 6.45. The summed E-state index contributed by atoms with van der Waals surface area (Å²) in [5.41, 5.74) is 0.770. The predicted molar refractivity (Wildman–Crippen MR) is 117 cm³/mol.